The van der Waals surface area contributed by atoms with Crippen molar-refractivity contribution in [2.24, 2.45) is 0 Å². The topological polar surface area (TPSA) is 29.5 Å². The molecule has 0 bridgehead atoms. The van der Waals surface area contributed by atoms with E-state index in [1.165, 1.54) is 6.07 Å². The molecule has 17 heavy (non-hydrogen) atoms. The lowest BCUT2D eigenvalue weighted by Crippen LogP contribution is -2.35. The van der Waals surface area contributed by atoms with Crippen LogP contribution in [0.5, 0.6) is 0 Å². The molecule has 2 rings (SSSR count). The van der Waals surface area contributed by atoms with Crippen LogP contribution in [0.25, 0.3) is 0 Å². The average molecular weight is 237 g/mol. The van der Waals surface area contributed by atoms with Gasteiger partial charge < -0.3 is 9.64 Å². The molecule has 1 aromatic carbocycles. The Morgan fingerprint density at radius 3 is 2.94 bits per heavy atom. The fourth-order valence-electron chi connectivity index (χ4n) is 2.09. The number of hydrogen-bond donors (Lipinski definition) is 0. The smallest absolute Gasteiger partial charge is 0.410 e. The second kappa shape index (κ2) is 5.17. The molecule has 1 fully saturated rings. The van der Waals surface area contributed by atoms with Crippen LogP contribution < -0.4 is 0 Å². The zero-order chi connectivity index (χ0) is 12.3. The maximum absolute atomic E-state index is 13.5. The molecule has 1 atom stereocenters. The molecule has 0 aromatic heterocycles. The van der Waals surface area contributed by atoms with Crippen LogP contribution >= 0.6 is 0 Å². The fraction of sp³-hybridized carbons (Fsp3) is 0.462. The summed E-state index contributed by atoms with van der Waals surface area (Å²) in [5.41, 5.74) is 0.636. The molecule has 1 heterocycles. The summed E-state index contributed by atoms with van der Waals surface area (Å²) in [6.45, 7) is 3.02. The number of amides is 1. The number of hydrogen-bond acceptors (Lipinski definition) is 2. The minimum atomic E-state index is -0.284. The third kappa shape index (κ3) is 2.57. The molecular weight excluding hydrogens is 221 g/mol. The molecule has 1 unspecified atom stereocenters. The van der Waals surface area contributed by atoms with Crippen LogP contribution in [0.3, 0.4) is 0 Å². The second-order valence-electron chi connectivity index (χ2n) is 4.22. The van der Waals surface area contributed by atoms with Gasteiger partial charge in [-0.3, -0.25) is 0 Å². The van der Waals surface area contributed by atoms with E-state index in [-0.39, 0.29) is 18.0 Å². The standard InChI is InChI=1S/C13H16FNO2/c1-2-7-15-11(9-17-13(15)16)8-10-5-3-4-6-12(10)14/h3-6,11H,2,7-9H2,1H3. The largest absolute Gasteiger partial charge is 0.447 e. The maximum atomic E-state index is 13.5. The van der Waals surface area contributed by atoms with Crippen molar-refractivity contribution in [1.29, 1.82) is 0 Å². The summed E-state index contributed by atoms with van der Waals surface area (Å²) in [5.74, 6) is -0.219. The van der Waals surface area contributed by atoms with Gasteiger partial charge in [-0.1, -0.05) is 25.1 Å². The first kappa shape index (κ1) is 11.9. The van der Waals surface area contributed by atoms with Crippen LogP contribution in [0.2, 0.25) is 0 Å². The Morgan fingerprint density at radius 2 is 2.24 bits per heavy atom. The van der Waals surface area contributed by atoms with Crippen molar-refractivity contribution in [3.8, 4) is 0 Å². The highest BCUT2D eigenvalue weighted by Gasteiger charge is 2.32. The molecule has 1 aliphatic heterocycles. The van der Waals surface area contributed by atoms with Gasteiger partial charge in [0.1, 0.15) is 12.4 Å². The Kier molecular flexibility index (Phi) is 3.61. The molecule has 92 valence electrons. The predicted octanol–water partition coefficient (Wildman–Crippen LogP) is 2.60. The molecule has 0 N–H and O–H groups in total. The van der Waals surface area contributed by atoms with E-state index in [1.54, 1.807) is 23.1 Å². The summed E-state index contributed by atoms with van der Waals surface area (Å²) in [5, 5.41) is 0. The molecule has 1 amide bonds. The van der Waals surface area contributed by atoms with Gasteiger partial charge in [0.2, 0.25) is 0 Å². The Bertz CT molecular complexity index is 408. The molecule has 1 saturated heterocycles. The Hall–Kier alpha value is -1.58. The number of rotatable bonds is 4. The average Bonchev–Trinajstić information content (AvgIpc) is 2.65. The van der Waals surface area contributed by atoms with E-state index >= 15 is 0 Å². The number of ether oxygens (including phenoxy) is 1. The molecule has 0 radical (unpaired) electrons. The van der Waals surface area contributed by atoms with Crippen LogP contribution in [0, 0.1) is 5.82 Å². The first-order valence-electron chi connectivity index (χ1n) is 5.89. The Balaban J connectivity index is 2.08. The molecule has 1 aromatic rings. The first-order chi connectivity index (χ1) is 8.22. The Morgan fingerprint density at radius 1 is 1.47 bits per heavy atom. The summed E-state index contributed by atoms with van der Waals surface area (Å²) >= 11 is 0. The van der Waals surface area contributed by atoms with Gasteiger partial charge in [-0.25, -0.2) is 9.18 Å². The van der Waals surface area contributed by atoms with Crippen molar-refractivity contribution >= 4 is 6.09 Å². The van der Waals surface area contributed by atoms with Gasteiger partial charge in [0.05, 0.1) is 6.04 Å². The zero-order valence-electron chi connectivity index (χ0n) is 9.86. The van der Waals surface area contributed by atoms with E-state index in [0.717, 1.165) is 6.42 Å². The predicted molar refractivity (Wildman–Crippen MR) is 62.2 cm³/mol. The van der Waals surface area contributed by atoms with E-state index in [2.05, 4.69) is 0 Å². The number of carbonyl (C=O) groups excluding carboxylic acids is 1. The quantitative estimate of drug-likeness (QED) is 0.805. The zero-order valence-corrected chi connectivity index (χ0v) is 9.86. The lowest BCUT2D eigenvalue weighted by molar-refractivity contribution is 0.157. The molecule has 0 saturated carbocycles. The van der Waals surface area contributed by atoms with Crippen molar-refractivity contribution in [3.63, 3.8) is 0 Å². The third-order valence-electron chi connectivity index (χ3n) is 2.95. The summed E-state index contributed by atoms with van der Waals surface area (Å²) in [7, 11) is 0. The highest BCUT2D eigenvalue weighted by molar-refractivity contribution is 5.70. The van der Waals surface area contributed by atoms with Crippen LogP contribution in [0.4, 0.5) is 9.18 Å². The van der Waals surface area contributed by atoms with Crippen LogP contribution in [-0.2, 0) is 11.2 Å². The Labute approximate surface area is 100 Å². The maximum Gasteiger partial charge on any atom is 0.410 e. The van der Waals surface area contributed by atoms with E-state index in [9.17, 15) is 9.18 Å². The van der Waals surface area contributed by atoms with Crippen molar-refractivity contribution in [1.82, 2.24) is 4.90 Å². The summed E-state index contributed by atoms with van der Waals surface area (Å²) < 4.78 is 18.5. The highest BCUT2D eigenvalue weighted by atomic mass is 19.1. The highest BCUT2D eigenvalue weighted by Crippen LogP contribution is 2.18. The molecule has 0 aliphatic carbocycles. The molecule has 0 spiro atoms. The van der Waals surface area contributed by atoms with Crippen molar-refractivity contribution < 1.29 is 13.9 Å². The molecule has 3 nitrogen and oxygen atoms in total. The van der Waals surface area contributed by atoms with Gasteiger partial charge in [-0.15, -0.1) is 0 Å². The van der Waals surface area contributed by atoms with E-state index < -0.39 is 0 Å². The number of nitrogens with zero attached hydrogens (tertiary/aromatic N) is 1. The van der Waals surface area contributed by atoms with Crippen molar-refractivity contribution in [2.45, 2.75) is 25.8 Å². The van der Waals surface area contributed by atoms with Crippen LogP contribution in [-0.4, -0.2) is 30.2 Å². The molecule has 4 heteroatoms. The molecular formula is C13H16FNO2. The number of carbonyl (C=O) groups is 1. The summed E-state index contributed by atoms with van der Waals surface area (Å²) in [6, 6.07) is 6.62. The van der Waals surface area contributed by atoms with Gasteiger partial charge in [-0.05, 0) is 24.5 Å². The SMILES string of the molecule is CCCN1C(=O)OCC1Cc1ccccc1F. The molecule has 1 aliphatic rings. The number of benzene rings is 1. The normalized spacial score (nSPS) is 19.5. The fourth-order valence-corrected chi connectivity index (χ4v) is 2.09. The lowest BCUT2D eigenvalue weighted by atomic mass is 10.1. The first-order valence-corrected chi connectivity index (χ1v) is 5.89. The monoisotopic (exact) mass is 237 g/mol. The van der Waals surface area contributed by atoms with Crippen molar-refractivity contribution in [3.05, 3.63) is 35.6 Å². The van der Waals surface area contributed by atoms with Gasteiger partial charge >= 0.3 is 6.09 Å². The van der Waals surface area contributed by atoms with Crippen molar-refractivity contribution in [2.75, 3.05) is 13.2 Å². The van der Waals surface area contributed by atoms with Gasteiger partial charge in [-0.2, -0.15) is 0 Å². The van der Waals surface area contributed by atoms with Gasteiger partial charge in [0.25, 0.3) is 0 Å². The van der Waals surface area contributed by atoms with E-state index in [0.29, 0.717) is 25.1 Å². The van der Waals surface area contributed by atoms with Crippen LogP contribution in [0.1, 0.15) is 18.9 Å². The lowest BCUT2D eigenvalue weighted by Gasteiger charge is -2.20. The number of halogens is 1. The minimum absolute atomic E-state index is 0.0423. The van der Waals surface area contributed by atoms with E-state index in [1.807, 2.05) is 6.92 Å². The van der Waals surface area contributed by atoms with E-state index in [4.69, 9.17) is 4.74 Å². The summed E-state index contributed by atoms with van der Waals surface area (Å²) in [6.07, 6.45) is 1.11. The van der Waals surface area contributed by atoms with Crippen LogP contribution in [0.15, 0.2) is 24.3 Å². The van der Waals surface area contributed by atoms with Gasteiger partial charge in [0, 0.05) is 6.54 Å². The third-order valence-corrected chi connectivity index (χ3v) is 2.95. The number of cyclic esters (lactones) is 1. The van der Waals surface area contributed by atoms with Gasteiger partial charge in [0.15, 0.2) is 0 Å². The minimum Gasteiger partial charge on any atom is -0.447 e. The second-order valence-corrected chi connectivity index (χ2v) is 4.22. The summed E-state index contributed by atoms with van der Waals surface area (Å²) in [4.78, 5) is 13.1.